The smallest absolute Gasteiger partial charge is 0.239 e. The van der Waals surface area contributed by atoms with Crippen molar-refractivity contribution < 1.29 is 9.53 Å². The molecule has 1 amide bonds. The van der Waals surface area contributed by atoms with Gasteiger partial charge in [-0.15, -0.1) is 11.3 Å². The number of rotatable bonds is 4. The van der Waals surface area contributed by atoms with Crippen molar-refractivity contribution in [3.63, 3.8) is 0 Å². The summed E-state index contributed by atoms with van der Waals surface area (Å²) in [5.74, 6) is 0.0218. The molecule has 2 N–H and O–H groups in total. The first-order valence-electron chi connectivity index (χ1n) is 6.18. The average Bonchev–Trinajstić information content (AvgIpc) is 2.69. The Morgan fingerprint density at radius 1 is 1.61 bits per heavy atom. The maximum atomic E-state index is 11.8. The maximum Gasteiger partial charge on any atom is 0.239 e. The lowest BCUT2D eigenvalue weighted by Gasteiger charge is -2.22. The highest BCUT2D eigenvalue weighted by Gasteiger charge is 2.20. The Kier molecular flexibility index (Phi) is 4.68. The highest BCUT2D eigenvalue weighted by Crippen LogP contribution is 2.17. The van der Waals surface area contributed by atoms with Gasteiger partial charge >= 0.3 is 0 Å². The molecule has 1 aliphatic heterocycles. The molecule has 0 spiro atoms. The van der Waals surface area contributed by atoms with Crippen LogP contribution in [-0.4, -0.2) is 43.2 Å². The van der Waals surface area contributed by atoms with Gasteiger partial charge < -0.3 is 15.4 Å². The Hall–Kier alpha value is -0.980. The number of aryl methyl sites for hydroxylation is 2. The summed E-state index contributed by atoms with van der Waals surface area (Å²) in [5, 5.41) is 7.15. The van der Waals surface area contributed by atoms with Gasteiger partial charge in [-0.05, 0) is 13.8 Å². The molecule has 0 aromatic carbocycles. The number of carbonyl (C=O) groups is 1. The standard InChI is InChI=1S/C12H19N3O2S/c1-8-11(18-9(2)15-8)3-4-14-12(16)10-7-17-6-5-13-10/h10,13H,3-7H2,1-2H3,(H,14,16). The summed E-state index contributed by atoms with van der Waals surface area (Å²) in [6.07, 6.45) is 0.844. The number of nitrogens with zero attached hydrogens (tertiary/aromatic N) is 1. The highest BCUT2D eigenvalue weighted by molar-refractivity contribution is 7.11. The number of amides is 1. The quantitative estimate of drug-likeness (QED) is 0.831. The van der Waals surface area contributed by atoms with Crippen molar-refractivity contribution in [1.29, 1.82) is 0 Å². The van der Waals surface area contributed by atoms with Crippen LogP contribution in [0.25, 0.3) is 0 Å². The fourth-order valence-electron chi connectivity index (χ4n) is 1.96. The normalized spacial score (nSPS) is 19.8. The number of hydrogen-bond donors (Lipinski definition) is 2. The van der Waals surface area contributed by atoms with E-state index >= 15 is 0 Å². The van der Waals surface area contributed by atoms with Gasteiger partial charge in [-0.2, -0.15) is 0 Å². The van der Waals surface area contributed by atoms with E-state index in [9.17, 15) is 4.79 Å². The topological polar surface area (TPSA) is 63.2 Å². The lowest BCUT2D eigenvalue weighted by atomic mass is 10.2. The Morgan fingerprint density at radius 2 is 2.44 bits per heavy atom. The lowest BCUT2D eigenvalue weighted by molar-refractivity contribution is -0.125. The molecular formula is C12H19N3O2S. The molecule has 2 rings (SSSR count). The first kappa shape index (κ1) is 13.5. The third-order valence-corrected chi connectivity index (χ3v) is 4.02. The summed E-state index contributed by atoms with van der Waals surface area (Å²) in [4.78, 5) is 17.4. The Morgan fingerprint density at radius 3 is 3.06 bits per heavy atom. The van der Waals surface area contributed by atoms with Gasteiger partial charge in [0, 0.05) is 24.4 Å². The fraction of sp³-hybridized carbons (Fsp3) is 0.667. The van der Waals surface area contributed by atoms with Crippen LogP contribution in [0, 0.1) is 13.8 Å². The molecule has 0 bridgehead atoms. The lowest BCUT2D eigenvalue weighted by Crippen LogP contribution is -2.51. The molecule has 0 radical (unpaired) electrons. The van der Waals surface area contributed by atoms with Crippen LogP contribution in [-0.2, 0) is 16.0 Å². The van der Waals surface area contributed by atoms with Gasteiger partial charge in [0.15, 0.2) is 0 Å². The van der Waals surface area contributed by atoms with Crippen molar-refractivity contribution in [2.45, 2.75) is 26.3 Å². The number of hydrogen-bond acceptors (Lipinski definition) is 5. The number of aromatic nitrogens is 1. The van der Waals surface area contributed by atoms with Crippen molar-refractivity contribution in [3.05, 3.63) is 15.6 Å². The highest BCUT2D eigenvalue weighted by atomic mass is 32.1. The van der Waals surface area contributed by atoms with Crippen LogP contribution in [0.3, 0.4) is 0 Å². The summed E-state index contributed by atoms with van der Waals surface area (Å²) >= 11 is 1.70. The van der Waals surface area contributed by atoms with Crippen LogP contribution >= 0.6 is 11.3 Å². The van der Waals surface area contributed by atoms with Crippen LogP contribution in [0.2, 0.25) is 0 Å². The third kappa shape index (κ3) is 3.51. The van der Waals surface area contributed by atoms with E-state index in [4.69, 9.17) is 4.74 Å². The first-order valence-corrected chi connectivity index (χ1v) is 7.00. The molecule has 100 valence electrons. The maximum absolute atomic E-state index is 11.8. The van der Waals surface area contributed by atoms with Crippen molar-refractivity contribution in [2.24, 2.45) is 0 Å². The van der Waals surface area contributed by atoms with E-state index in [-0.39, 0.29) is 11.9 Å². The molecule has 6 heteroatoms. The molecule has 1 aliphatic rings. The monoisotopic (exact) mass is 269 g/mol. The Bertz CT molecular complexity index is 413. The van der Waals surface area contributed by atoms with Crippen LogP contribution < -0.4 is 10.6 Å². The van der Waals surface area contributed by atoms with E-state index in [1.54, 1.807) is 11.3 Å². The minimum atomic E-state index is -0.206. The molecule has 5 nitrogen and oxygen atoms in total. The van der Waals surface area contributed by atoms with E-state index in [0.717, 1.165) is 23.7 Å². The van der Waals surface area contributed by atoms with E-state index in [0.29, 0.717) is 19.8 Å². The second-order valence-electron chi connectivity index (χ2n) is 4.36. The number of carbonyl (C=O) groups excluding carboxylic acids is 1. The van der Waals surface area contributed by atoms with E-state index in [1.165, 1.54) is 4.88 Å². The minimum absolute atomic E-state index is 0.0218. The number of ether oxygens (including phenoxy) is 1. The molecule has 1 unspecified atom stereocenters. The van der Waals surface area contributed by atoms with Crippen LogP contribution in [0.15, 0.2) is 0 Å². The molecule has 1 aromatic rings. The molecule has 1 fully saturated rings. The van der Waals surface area contributed by atoms with Gasteiger partial charge in [-0.3, -0.25) is 4.79 Å². The largest absolute Gasteiger partial charge is 0.378 e. The van der Waals surface area contributed by atoms with Gasteiger partial charge in [0.1, 0.15) is 6.04 Å². The Labute approximate surface area is 111 Å². The third-order valence-electron chi connectivity index (χ3n) is 2.89. The number of morpholine rings is 1. The van der Waals surface area contributed by atoms with Crippen LogP contribution in [0.4, 0.5) is 0 Å². The molecule has 1 saturated heterocycles. The Balaban J connectivity index is 1.74. The van der Waals surface area contributed by atoms with Gasteiger partial charge in [-0.1, -0.05) is 0 Å². The fourth-order valence-corrected chi connectivity index (χ4v) is 2.90. The minimum Gasteiger partial charge on any atom is -0.378 e. The average molecular weight is 269 g/mol. The number of nitrogens with one attached hydrogen (secondary N) is 2. The van der Waals surface area contributed by atoms with Crippen molar-refractivity contribution in [2.75, 3.05) is 26.3 Å². The molecule has 2 heterocycles. The van der Waals surface area contributed by atoms with Gasteiger partial charge in [-0.25, -0.2) is 4.98 Å². The molecule has 1 atom stereocenters. The predicted molar refractivity (Wildman–Crippen MR) is 70.9 cm³/mol. The first-order chi connectivity index (χ1) is 8.66. The van der Waals surface area contributed by atoms with E-state index in [1.807, 2.05) is 13.8 Å². The van der Waals surface area contributed by atoms with Gasteiger partial charge in [0.25, 0.3) is 0 Å². The summed E-state index contributed by atoms with van der Waals surface area (Å²) in [7, 11) is 0. The van der Waals surface area contributed by atoms with Gasteiger partial charge in [0.05, 0.1) is 23.9 Å². The zero-order chi connectivity index (χ0) is 13.0. The molecular weight excluding hydrogens is 250 g/mol. The summed E-state index contributed by atoms with van der Waals surface area (Å²) < 4.78 is 5.26. The van der Waals surface area contributed by atoms with Crippen LogP contribution in [0.1, 0.15) is 15.6 Å². The van der Waals surface area contributed by atoms with Crippen LogP contribution in [0.5, 0.6) is 0 Å². The predicted octanol–water partition coefficient (Wildman–Crippen LogP) is 0.407. The number of thiazole rings is 1. The summed E-state index contributed by atoms with van der Waals surface area (Å²) in [5.41, 5.74) is 1.07. The molecule has 0 aliphatic carbocycles. The molecule has 1 aromatic heterocycles. The summed E-state index contributed by atoms with van der Waals surface area (Å²) in [6.45, 7) is 6.55. The second-order valence-corrected chi connectivity index (χ2v) is 5.65. The van der Waals surface area contributed by atoms with Gasteiger partial charge in [0.2, 0.25) is 5.91 Å². The van der Waals surface area contributed by atoms with Crippen molar-refractivity contribution in [1.82, 2.24) is 15.6 Å². The zero-order valence-corrected chi connectivity index (χ0v) is 11.6. The zero-order valence-electron chi connectivity index (χ0n) is 10.8. The second kappa shape index (κ2) is 6.26. The molecule has 0 saturated carbocycles. The molecule has 18 heavy (non-hydrogen) atoms. The van der Waals surface area contributed by atoms with Crippen molar-refractivity contribution >= 4 is 17.2 Å². The SMILES string of the molecule is Cc1nc(C)c(CCNC(=O)C2COCCN2)s1. The summed E-state index contributed by atoms with van der Waals surface area (Å²) in [6, 6.07) is -0.206. The van der Waals surface area contributed by atoms with E-state index < -0.39 is 0 Å². The van der Waals surface area contributed by atoms with E-state index in [2.05, 4.69) is 15.6 Å². The van der Waals surface area contributed by atoms with Crippen molar-refractivity contribution in [3.8, 4) is 0 Å².